The van der Waals surface area contributed by atoms with Crippen LogP contribution in [0.15, 0.2) is 54.7 Å². The number of benzene rings is 2. The van der Waals surface area contributed by atoms with Crippen molar-refractivity contribution in [2.24, 2.45) is 0 Å². The zero-order valence-corrected chi connectivity index (χ0v) is 12.5. The minimum atomic E-state index is -0.142. The second-order valence-corrected chi connectivity index (χ2v) is 5.04. The van der Waals surface area contributed by atoms with Crippen LogP contribution < -0.4 is 14.8 Å². The number of allylic oxidation sites excluding steroid dienone is 1. The third-order valence-corrected chi connectivity index (χ3v) is 3.43. The Labute approximate surface area is 133 Å². The largest absolute Gasteiger partial charge is 0.454 e. The Morgan fingerprint density at radius 1 is 1.00 bits per heavy atom. The summed E-state index contributed by atoms with van der Waals surface area (Å²) in [7, 11) is 0. The zero-order chi connectivity index (χ0) is 16.2. The van der Waals surface area contributed by atoms with E-state index in [0.717, 1.165) is 5.69 Å². The zero-order valence-electron chi connectivity index (χ0n) is 12.5. The van der Waals surface area contributed by atoms with Gasteiger partial charge in [0, 0.05) is 29.1 Å². The summed E-state index contributed by atoms with van der Waals surface area (Å²) < 4.78 is 10.5. The maximum Gasteiger partial charge on any atom is 0.231 e. The van der Waals surface area contributed by atoms with Crippen molar-refractivity contribution in [1.82, 2.24) is 0 Å². The molecule has 0 unspecified atom stereocenters. The van der Waals surface area contributed by atoms with Gasteiger partial charge in [-0.3, -0.25) is 9.59 Å². The van der Waals surface area contributed by atoms with Crippen LogP contribution in [-0.4, -0.2) is 18.4 Å². The predicted octanol–water partition coefficient (Wildman–Crippen LogP) is 3.43. The number of fused-ring (bicyclic) bond motifs is 1. The lowest BCUT2D eigenvalue weighted by atomic mass is 10.1. The van der Waals surface area contributed by atoms with Gasteiger partial charge in [0.25, 0.3) is 0 Å². The molecule has 5 nitrogen and oxygen atoms in total. The fourth-order valence-corrected chi connectivity index (χ4v) is 2.16. The highest BCUT2D eigenvalue weighted by molar-refractivity contribution is 6.05. The Hall–Kier alpha value is -3.08. The minimum absolute atomic E-state index is 0.0186. The molecule has 1 aliphatic heterocycles. The van der Waals surface area contributed by atoms with Crippen molar-refractivity contribution < 1.29 is 19.1 Å². The molecule has 0 atom stereocenters. The van der Waals surface area contributed by atoms with E-state index in [0.29, 0.717) is 22.6 Å². The standard InChI is InChI=1S/C18H15NO4/c1-12(20)13-2-5-15(6-3-13)19-9-8-16(21)14-4-7-17-18(10-14)23-11-22-17/h2-10,19H,11H2,1H3/b9-8+. The van der Waals surface area contributed by atoms with Crippen LogP contribution in [0, 0.1) is 0 Å². The number of ether oxygens (including phenoxy) is 2. The molecule has 5 heteroatoms. The molecule has 3 rings (SSSR count). The average Bonchev–Trinajstić information content (AvgIpc) is 3.02. The van der Waals surface area contributed by atoms with Crippen LogP contribution in [0.1, 0.15) is 27.6 Å². The average molecular weight is 309 g/mol. The maximum absolute atomic E-state index is 12.1. The van der Waals surface area contributed by atoms with Crippen LogP contribution in [-0.2, 0) is 0 Å². The van der Waals surface area contributed by atoms with Crippen molar-refractivity contribution in [1.29, 1.82) is 0 Å². The van der Waals surface area contributed by atoms with Gasteiger partial charge in [0.1, 0.15) is 0 Å². The molecule has 23 heavy (non-hydrogen) atoms. The number of carbonyl (C=O) groups is 2. The molecule has 1 heterocycles. The van der Waals surface area contributed by atoms with Crippen LogP contribution >= 0.6 is 0 Å². The van der Waals surface area contributed by atoms with Crippen LogP contribution in [0.5, 0.6) is 11.5 Å². The second-order valence-electron chi connectivity index (χ2n) is 5.04. The molecule has 116 valence electrons. The van der Waals surface area contributed by atoms with Crippen molar-refractivity contribution in [3.05, 3.63) is 65.9 Å². The van der Waals surface area contributed by atoms with Crippen LogP contribution in [0.2, 0.25) is 0 Å². The number of hydrogen-bond acceptors (Lipinski definition) is 5. The minimum Gasteiger partial charge on any atom is -0.454 e. The lowest BCUT2D eigenvalue weighted by Crippen LogP contribution is -1.97. The summed E-state index contributed by atoms with van der Waals surface area (Å²) in [6, 6.07) is 12.1. The number of nitrogens with one attached hydrogen (secondary N) is 1. The van der Waals surface area contributed by atoms with Gasteiger partial charge in [-0.05, 0) is 49.4 Å². The van der Waals surface area contributed by atoms with Gasteiger partial charge in [0.05, 0.1) is 0 Å². The van der Waals surface area contributed by atoms with Crippen LogP contribution in [0.3, 0.4) is 0 Å². The van der Waals surface area contributed by atoms with Crippen molar-refractivity contribution in [3.8, 4) is 11.5 Å². The number of ketones is 2. The summed E-state index contributed by atoms with van der Waals surface area (Å²) in [6.45, 7) is 1.70. The Morgan fingerprint density at radius 3 is 2.43 bits per heavy atom. The molecule has 2 aromatic rings. The van der Waals surface area contributed by atoms with Gasteiger partial charge < -0.3 is 14.8 Å². The van der Waals surface area contributed by atoms with E-state index < -0.39 is 0 Å². The number of carbonyl (C=O) groups excluding carboxylic acids is 2. The highest BCUT2D eigenvalue weighted by Gasteiger charge is 2.14. The van der Waals surface area contributed by atoms with Gasteiger partial charge in [-0.25, -0.2) is 0 Å². The molecule has 0 radical (unpaired) electrons. The lowest BCUT2D eigenvalue weighted by Gasteiger charge is -2.02. The molecule has 1 aliphatic rings. The number of Topliss-reactive ketones (excluding diaryl/α,β-unsaturated/α-hetero) is 1. The van der Waals surface area contributed by atoms with E-state index in [9.17, 15) is 9.59 Å². The molecular formula is C18H15NO4. The third-order valence-electron chi connectivity index (χ3n) is 3.43. The molecule has 0 saturated heterocycles. The molecule has 0 aliphatic carbocycles. The highest BCUT2D eigenvalue weighted by atomic mass is 16.7. The monoisotopic (exact) mass is 309 g/mol. The molecular weight excluding hydrogens is 294 g/mol. The van der Waals surface area contributed by atoms with Gasteiger partial charge in [-0.2, -0.15) is 0 Å². The first-order chi connectivity index (χ1) is 11.1. The molecule has 1 N–H and O–H groups in total. The number of hydrogen-bond donors (Lipinski definition) is 1. The fourth-order valence-electron chi connectivity index (χ4n) is 2.16. The summed E-state index contributed by atoms with van der Waals surface area (Å²) in [5, 5.41) is 3.00. The second kappa shape index (κ2) is 6.36. The van der Waals surface area contributed by atoms with E-state index in [2.05, 4.69) is 5.32 Å². The Bertz CT molecular complexity index is 778. The highest BCUT2D eigenvalue weighted by Crippen LogP contribution is 2.32. The van der Waals surface area contributed by atoms with Gasteiger partial charge in [-0.1, -0.05) is 0 Å². The Kier molecular flexibility index (Phi) is 4.10. The van der Waals surface area contributed by atoms with E-state index in [4.69, 9.17) is 9.47 Å². The first-order valence-electron chi connectivity index (χ1n) is 7.11. The first-order valence-corrected chi connectivity index (χ1v) is 7.11. The SMILES string of the molecule is CC(=O)c1ccc(N/C=C/C(=O)c2ccc3c(c2)OCO3)cc1. The lowest BCUT2D eigenvalue weighted by molar-refractivity contribution is 0.101. The summed E-state index contributed by atoms with van der Waals surface area (Å²) in [5.74, 6) is 1.10. The molecule has 0 saturated carbocycles. The van der Waals surface area contributed by atoms with Gasteiger partial charge in [0.15, 0.2) is 23.1 Å². The molecule has 0 amide bonds. The summed E-state index contributed by atoms with van der Waals surface area (Å²) in [6.07, 6.45) is 3.01. The van der Waals surface area contributed by atoms with E-state index in [-0.39, 0.29) is 18.4 Å². The summed E-state index contributed by atoms with van der Waals surface area (Å²) in [5.41, 5.74) is 1.97. The number of anilines is 1. The van der Waals surface area contributed by atoms with Crippen molar-refractivity contribution in [3.63, 3.8) is 0 Å². The molecule has 2 aromatic carbocycles. The first kappa shape index (κ1) is 14.8. The quantitative estimate of drug-likeness (QED) is 0.677. The van der Waals surface area contributed by atoms with Crippen LogP contribution in [0.4, 0.5) is 5.69 Å². The van der Waals surface area contributed by atoms with Crippen molar-refractivity contribution in [2.45, 2.75) is 6.92 Å². The molecule has 0 fully saturated rings. The molecule has 0 aromatic heterocycles. The third kappa shape index (κ3) is 3.40. The fraction of sp³-hybridized carbons (Fsp3) is 0.111. The topological polar surface area (TPSA) is 64.6 Å². The maximum atomic E-state index is 12.1. The van der Waals surface area contributed by atoms with Gasteiger partial charge in [-0.15, -0.1) is 0 Å². The Morgan fingerprint density at radius 2 is 1.70 bits per heavy atom. The van der Waals surface area contributed by atoms with E-state index >= 15 is 0 Å². The van der Waals surface area contributed by atoms with Crippen molar-refractivity contribution in [2.75, 3.05) is 12.1 Å². The molecule has 0 bridgehead atoms. The predicted molar refractivity (Wildman–Crippen MR) is 86.1 cm³/mol. The smallest absolute Gasteiger partial charge is 0.231 e. The van der Waals surface area contributed by atoms with Gasteiger partial charge in [0.2, 0.25) is 6.79 Å². The number of rotatable bonds is 5. The summed E-state index contributed by atoms with van der Waals surface area (Å²) in [4.78, 5) is 23.3. The molecule has 0 spiro atoms. The normalized spacial score (nSPS) is 12.4. The Balaban J connectivity index is 1.63. The van der Waals surface area contributed by atoms with Crippen molar-refractivity contribution >= 4 is 17.3 Å². The van der Waals surface area contributed by atoms with Crippen LogP contribution in [0.25, 0.3) is 0 Å². The van der Waals surface area contributed by atoms with E-state index in [1.807, 2.05) is 0 Å². The van der Waals surface area contributed by atoms with E-state index in [1.54, 1.807) is 48.7 Å². The van der Waals surface area contributed by atoms with E-state index in [1.165, 1.54) is 13.0 Å². The summed E-state index contributed by atoms with van der Waals surface area (Å²) >= 11 is 0. The van der Waals surface area contributed by atoms with Gasteiger partial charge >= 0.3 is 0 Å².